The molecule has 2 heterocycles. The predicted octanol–water partition coefficient (Wildman–Crippen LogP) is 2.24. The molecule has 0 atom stereocenters. The Kier molecular flexibility index (Phi) is 4.47. The summed E-state index contributed by atoms with van der Waals surface area (Å²) in [5, 5.41) is 11.5. The molecular formula is C19H19FN3O2P. The number of benzene rings is 2. The standard InChI is InChI=1S/C19H19FN3O2P/c20-16-6-5-13(12-18(16)26(25)9-7-21-8-10-26)11-17-14-3-1-2-4-15(14)19(24)23-22-17/h1-6,12,21H,7-11H2,(H,23,24). The van der Waals surface area contributed by atoms with Gasteiger partial charge in [-0.2, -0.15) is 5.10 Å². The number of fused-ring (bicyclic) bond motifs is 1. The van der Waals surface area contributed by atoms with Crippen molar-refractivity contribution in [2.24, 2.45) is 0 Å². The number of rotatable bonds is 3. The van der Waals surface area contributed by atoms with Crippen molar-refractivity contribution in [1.82, 2.24) is 15.5 Å². The van der Waals surface area contributed by atoms with Gasteiger partial charge in [0.05, 0.1) is 11.1 Å². The molecule has 0 aliphatic carbocycles. The minimum Gasteiger partial charge on any atom is -0.318 e. The van der Waals surface area contributed by atoms with E-state index in [1.54, 1.807) is 24.3 Å². The van der Waals surface area contributed by atoms with Crippen LogP contribution in [0.15, 0.2) is 47.3 Å². The van der Waals surface area contributed by atoms with Gasteiger partial charge in [-0.15, -0.1) is 0 Å². The van der Waals surface area contributed by atoms with Crippen LogP contribution in [0.3, 0.4) is 0 Å². The molecule has 1 fully saturated rings. The maximum atomic E-state index is 14.4. The summed E-state index contributed by atoms with van der Waals surface area (Å²) in [6.45, 7) is 1.29. The Morgan fingerprint density at radius 2 is 1.81 bits per heavy atom. The molecule has 0 spiro atoms. The summed E-state index contributed by atoms with van der Waals surface area (Å²) < 4.78 is 27.6. The van der Waals surface area contributed by atoms with Crippen molar-refractivity contribution in [2.75, 3.05) is 25.4 Å². The van der Waals surface area contributed by atoms with Crippen LogP contribution in [0.1, 0.15) is 11.3 Å². The third-order valence-corrected chi connectivity index (χ3v) is 8.01. The average molecular weight is 371 g/mol. The minimum absolute atomic E-state index is 0.233. The number of aromatic nitrogens is 2. The molecule has 2 N–H and O–H groups in total. The second kappa shape index (κ2) is 6.78. The number of hydrogen-bond acceptors (Lipinski definition) is 4. The van der Waals surface area contributed by atoms with Gasteiger partial charge in [0.1, 0.15) is 13.0 Å². The first-order chi connectivity index (χ1) is 12.6. The summed E-state index contributed by atoms with van der Waals surface area (Å²) in [5.74, 6) is -0.404. The van der Waals surface area contributed by atoms with Crippen molar-refractivity contribution in [1.29, 1.82) is 0 Å². The van der Waals surface area contributed by atoms with Gasteiger partial charge in [0.2, 0.25) is 0 Å². The second-order valence-electron chi connectivity index (χ2n) is 6.59. The average Bonchev–Trinajstić information content (AvgIpc) is 2.66. The van der Waals surface area contributed by atoms with Crippen LogP contribution < -0.4 is 16.2 Å². The smallest absolute Gasteiger partial charge is 0.272 e. The van der Waals surface area contributed by atoms with Crippen LogP contribution in [0.25, 0.3) is 10.8 Å². The second-order valence-corrected chi connectivity index (χ2v) is 9.75. The lowest BCUT2D eigenvalue weighted by atomic mass is 10.0. The lowest BCUT2D eigenvalue weighted by Crippen LogP contribution is -2.33. The molecule has 0 radical (unpaired) electrons. The lowest BCUT2D eigenvalue weighted by molar-refractivity contribution is 0.565. The Balaban J connectivity index is 1.74. The van der Waals surface area contributed by atoms with E-state index in [9.17, 15) is 13.8 Å². The van der Waals surface area contributed by atoms with Crippen LogP contribution in [0.4, 0.5) is 4.39 Å². The summed E-state index contributed by atoms with van der Waals surface area (Å²) in [7, 11) is -2.71. The molecule has 2 aromatic carbocycles. The zero-order chi connectivity index (χ0) is 18.1. The zero-order valence-corrected chi connectivity index (χ0v) is 15.1. The molecule has 134 valence electrons. The fourth-order valence-electron chi connectivity index (χ4n) is 3.48. The molecule has 0 unspecified atom stereocenters. The summed E-state index contributed by atoms with van der Waals surface area (Å²) in [6, 6.07) is 12.1. The van der Waals surface area contributed by atoms with Gasteiger partial charge in [0.25, 0.3) is 5.56 Å². The first kappa shape index (κ1) is 17.1. The van der Waals surface area contributed by atoms with Crippen molar-refractivity contribution in [3.8, 4) is 0 Å². The van der Waals surface area contributed by atoms with E-state index in [1.807, 2.05) is 12.1 Å². The van der Waals surface area contributed by atoms with Gasteiger partial charge in [-0.25, -0.2) is 9.49 Å². The van der Waals surface area contributed by atoms with Gasteiger partial charge in [0, 0.05) is 42.5 Å². The van der Waals surface area contributed by atoms with Crippen LogP contribution >= 0.6 is 7.14 Å². The number of nitrogens with zero attached hydrogens (tertiary/aromatic N) is 1. The van der Waals surface area contributed by atoms with Gasteiger partial charge in [-0.1, -0.05) is 24.3 Å². The molecule has 26 heavy (non-hydrogen) atoms. The van der Waals surface area contributed by atoms with Crippen molar-refractivity contribution < 1.29 is 8.96 Å². The monoisotopic (exact) mass is 371 g/mol. The first-order valence-electron chi connectivity index (χ1n) is 8.61. The number of aromatic amines is 1. The van der Waals surface area contributed by atoms with Gasteiger partial charge in [0.15, 0.2) is 0 Å². The third kappa shape index (κ3) is 3.11. The van der Waals surface area contributed by atoms with Crippen molar-refractivity contribution in [3.05, 3.63) is 69.9 Å². The zero-order valence-electron chi connectivity index (χ0n) is 14.2. The number of nitrogens with one attached hydrogen (secondary N) is 2. The number of halogens is 1. The Morgan fingerprint density at radius 3 is 2.58 bits per heavy atom. The number of H-pyrrole nitrogens is 1. The Morgan fingerprint density at radius 1 is 1.08 bits per heavy atom. The lowest BCUT2D eigenvalue weighted by Gasteiger charge is -2.24. The Labute approximate surface area is 150 Å². The minimum atomic E-state index is -2.71. The van der Waals surface area contributed by atoms with E-state index in [0.29, 0.717) is 48.2 Å². The van der Waals surface area contributed by atoms with Crippen molar-refractivity contribution in [2.45, 2.75) is 6.42 Å². The molecule has 5 nitrogen and oxygen atoms in total. The van der Waals surface area contributed by atoms with E-state index in [4.69, 9.17) is 0 Å². The molecule has 0 bridgehead atoms. The van der Waals surface area contributed by atoms with E-state index in [2.05, 4.69) is 15.5 Å². The third-order valence-electron chi connectivity index (χ3n) is 4.90. The molecule has 1 aliphatic heterocycles. The normalized spacial score (nSPS) is 16.7. The van der Waals surface area contributed by atoms with E-state index < -0.39 is 13.0 Å². The van der Waals surface area contributed by atoms with Crippen LogP contribution in [0.5, 0.6) is 0 Å². The SMILES string of the molecule is O=c1[nH]nc(Cc2ccc(F)c(P3(=O)CCNCC3)c2)c2ccccc12. The van der Waals surface area contributed by atoms with E-state index in [0.717, 1.165) is 10.9 Å². The molecule has 0 amide bonds. The fourth-order valence-corrected chi connectivity index (χ4v) is 6.09. The van der Waals surface area contributed by atoms with Gasteiger partial charge in [-0.05, 0) is 23.8 Å². The quantitative estimate of drug-likeness (QED) is 0.693. The molecule has 7 heteroatoms. The molecule has 3 aromatic rings. The predicted molar refractivity (Wildman–Crippen MR) is 101 cm³/mol. The Hall–Kier alpha value is -2.30. The summed E-state index contributed by atoms with van der Waals surface area (Å²) in [5.41, 5.74) is 1.31. The molecule has 1 aromatic heterocycles. The fraction of sp³-hybridized carbons (Fsp3) is 0.263. The molecule has 4 rings (SSSR count). The summed E-state index contributed by atoms with van der Waals surface area (Å²) in [6.07, 6.45) is 1.39. The first-order valence-corrected chi connectivity index (χ1v) is 10.7. The van der Waals surface area contributed by atoms with Crippen LogP contribution in [0.2, 0.25) is 0 Å². The maximum Gasteiger partial charge on any atom is 0.272 e. The van der Waals surface area contributed by atoms with Crippen LogP contribution in [-0.2, 0) is 11.0 Å². The van der Waals surface area contributed by atoms with Crippen LogP contribution in [-0.4, -0.2) is 35.6 Å². The van der Waals surface area contributed by atoms with Gasteiger partial charge in [-0.3, -0.25) is 4.79 Å². The molecule has 0 saturated carbocycles. The van der Waals surface area contributed by atoms with Crippen molar-refractivity contribution >= 4 is 23.2 Å². The largest absolute Gasteiger partial charge is 0.318 e. The van der Waals surface area contributed by atoms with Gasteiger partial charge >= 0.3 is 0 Å². The highest BCUT2D eigenvalue weighted by Crippen LogP contribution is 2.45. The van der Waals surface area contributed by atoms with Crippen LogP contribution in [0, 0.1) is 5.82 Å². The highest BCUT2D eigenvalue weighted by atomic mass is 31.2. The highest BCUT2D eigenvalue weighted by molar-refractivity contribution is 7.71. The number of hydrogen-bond donors (Lipinski definition) is 2. The summed E-state index contributed by atoms with van der Waals surface area (Å²) >= 11 is 0. The van der Waals surface area contributed by atoms with E-state index in [-0.39, 0.29) is 5.56 Å². The van der Waals surface area contributed by atoms with Gasteiger partial charge < -0.3 is 9.88 Å². The molecule has 1 aliphatic rings. The molecular weight excluding hydrogens is 352 g/mol. The summed E-state index contributed by atoms with van der Waals surface area (Å²) in [4.78, 5) is 11.9. The topological polar surface area (TPSA) is 74.8 Å². The molecule has 1 saturated heterocycles. The van der Waals surface area contributed by atoms with Crippen molar-refractivity contribution in [3.63, 3.8) is 0 Å². The van der Waals surface area contributed by atoms with E-state index >= 15 is 0 Å². The van der Waals surface area contributed by atoms with E-state index in [1.165, 1.54) is 6.07 Å². The maximum absolute atomic E-state index is 14.4. The highest BCUT2D eigenvalue weighted by Gasteiger charge is 2.30. The Bertz CT molecular complexity index is 1070.